The maximum Gasteiger partial charge on any atom is 0.186 e. The topological polar surface area (TPSA) is 18.5 Å². The van der Waals surface area contributed by atoms with Gasteiger partial charge in [-0.3, -0.25) is 0 Å². The van der Waals surface area contributed by atoms with Gasteiger partial charge in [0.25, 0.3) is 0 Å². The number of hydrogen-bond acceptors (Lipinski definition) is 2. The van der Waals surface area contributed by atoms with Gasteiger partial charge in [0, 0.05) is 23.2 Å². The van der Waals surface area contributed by atoms with Crippen molar-refractivity contribution in [3.8, 4) is 0 Å². The van der Waals surface area contributed by atoms with Crippen molar-refractivity contribution >= 4 is 15.9 Å². The van der Waals surface area contributed by atoms with Crippen LogP contribution in [0.3, 0.4) is 0 Å². The fourth-order valence-corrected chi connectivity index (χ4v) is 1.56. The van der Waals surface area contributed by atoms with Crippen LogP contribution >= 0.6 is 15.9 Å². The summed E-state index contributed by atoms with van der Waals surface area (Å²) in [6.45, 7) is 4.67. The van der Waals surface area contributed by atoms with Gasteiger partial charge >= 0.3 is 0 Å². The van der Waals surface area contributed by atoms with Crippen LogP contribution in [0.5, 0.6) is 0 Å². The van der Waals surface area contributed by atoms with Crippen LogP contribution in [0.1, 0.15) is 25.7 Å². The zero-order chi connectivity index (χ0) is 11.3. The van der Waals surface area contributed by atoms with Gasteiger partial charge in [0.1, 0.15) is 5.82 Å². The van der Waals surface area contributed by atoms with E-state index in [2.05, 4.69) is 15.9 Å². The molecule has 1 aromatic carbocycles. The lowest BCUT2D eigenvalue weighted by Crippen LogP contribution is -2.10. The normalized spacial score (nSPS) is 11.0. The summed E-state index contributed by atoms with van der Waals surface area (Å²) in [4.78, 5) is 0. The Morgan fingerprint density at radius 3 is 2.33 bits per heavy atom. The largest absolute Gasteiger partial charge is 0.349 e. The molecule has 0 saturated heterocycles. The van der Waals surface area contributed by atoms with Crippen molar-refractivity contribution in [1.82, 2.24) is 0 Å². The summed E-state index contributed by atoms with van der Waals surface area (Å²) in [6, 6.07) is 4.83. The second kappa shape index (κ2) is 6.20. The summed E-state index contributed by atoms with van der Waals surface area (Å²) in [5.74, 6) is -0.323. The Labute approximate surface area is 97.5 Å². The third-order valence-corrected chi connectivity index (χ3v) is 2.35. The van der Waals surface area contributed by atoms with Gasteiger partial charge in [-0.15, -0.1) is 0 Å². The zero-order valence-electron chi connectivity index (χ0n) is 8.80. The summed E-state index contributed by atoms with van der Waals surface area (Å²) in [6.07, 6.45) is -0.618. The fourth-order valence-electron chi connectivity index (χ4n) is 1.22. The lowest BCUT2D eigenvalue weighted by Gasteiger charge is -2.17. The van der Waals surface area contributed by atoms with Crippen molar-refractivity contribution < 1.29 is 13.9 Å². The quantitative estimate of drug-likeness (QED) is 0.765. The first-order chi connectivity index (χ1) is 7.19. The fraction of sp³-hybridized carbons (Fsp3) is 0.455. The van der Waals surface area contributed by atoms with Gasteiger partial charge in [0.05, 0.1) is 0 Å². The first-order valence-corrected chi connectivity index (χ1v) is 5.66. The minimum Gasteiger partial charge on any atom is -0.349 e. The molecule has 0 atom stereocenters. The second-order valence-corrected chi connectivity index (χ2v) is 3.82. The second-order valence-electron chi connectivity index (χ2n) is 2.91. The Kier molecular flexibility index (Phi) is 5.22. The number of halogens is 2. The first kappa shape index (κ1) is 12.6. The van der Waals surface area contributed by atoms with Crippen LogP contribution in [0.15, 0.2) is 22.7 Å². The summed E-state index contributed by atoms with van der Waals surface area (Å²) < 4.78 is 24.9. The van der Waals surface area contributed by atoms with E-state index in [1.807, 2.05) is 13.8 Å². The van der Waals surface area contributed by atoms with Gasteiger partial charge in [0.15, 0.2) is 6.29 Å². The lowest BCUT2D eigenvalue weighted by atomic mass is 10.2. The third kappa shape index (κ3) is 3.55. The van der Waals surface area contributed by atoms with Gasteiger partial charge in [-0.05, 0) is 32.0 Å². The van der Waals surface area contributed by atoms with Crippen LogP contribution < -0.4 is 0 Å². The Morgan fingerprint density at radius 1 is 1.27 bits per heavy atom. The molecule has 4 heteroatoms. The molecule has 15 heavy (non-hydrogen) atoms. The average Bonchev–Trinajstić information content (AvgIpc) is 2.17. The first-order valence-electron chi connectivity index (χ1n) is 4.87. The highest BCUT2D eigenvalue weighted by atomic mass is 79.9. The Morgan fingerprint density at radius 2 is 1.87 bits per heavy atom. The Hall–Kier alpha value is -0.450. The zero-order valence-corrected chi connectivity index (χ0v) is 10.4. The Bertz CT molecular complexity index is 311. The van der Waals surface area contributed by atoms with Crippen molar-refractivity contribution in [2.45, 2.75) is 20.1 Å². The van der Waals surface area contributed by atoms with Crippen molar-refractivity contribution in [2.24, 2.45) is 0 Å². The summed E-state index contributed by atoms with van der Waals surface area (Å²) >= 11 is 3.20. The smallest absolute Gasteiger partial charge is 0.186 e. The number of ether oxygens (including phenoxy) is 2. The molecule has 84 valence electrons. The summed E-state index contributed by atoms with van der Waals surface area (Å²) in [7, 11) is 0. The van der Waals surface area contributed by atoms with E-state index in [0.29, 0.717) is 23.2 Å². The van der Waals surface area contributed by atoms with Crippen LogP contribution in [-0.2, 0) is 9.47 Å². The van der Waals surface area contributed by atoms with E-state index in [-0.39, 0.29) is 5.82 Å². The van der Waals surface area contributed by atoms with E-state index >= 15 is 0 Å². The van der Waals surface area contributed by atoms with E-state index in [1.165, 1.54) is 6.07 Å². The molecule has 0 N–H and O–H groups in total. The van der Waals surface area contributed by atoms with Crippen LogP contribution in [0, 0.1) is 5.82 Å². The van der Waals surface area contributed by atoms with Crippen LogP contribution in [0.2, 0.25) is 0 Å². The van der Waals surface area contributed by atoms with E-state index in [9.17, 15) is 4.39 Å². The molecule has 0 aliphatic heterocycles. The molecule has 1 rings (SSSR count). The predicted molar refractivity (Wildman–Crippen MR) is 60.1 cm³/mol. The monoisotopic (exact) mass is 276 g/mol. The molecule has 0 radical (unpaired) electrons. The van der Waals surface area contributed by atoms with Gasteiger partial charge in [-0.2, -0.15) is 0 Å². The molecule has 1 aromatic rings. The van der Waals surface area contributed by atoms with Crippen LogP contribution in [0.4, 0.5) is 4.39 Å². The highest BCUT2D eigenvalue weighted by molar-refractivity contribution is 9.10. The number of benzene rings is 1. The highest BCUT2D eigenvalue weighted by Gasteiger charge is 2.15. The molecule has 0 saturated carbocycles. The highest BCUT2D eigenvalue weighted by Crippen LogP contribution is 2.24. The Balaban J connectivity index is 2.89. The van der Waals surface area contributed by atoms with Crippen molar-refractivity contribution in [2.75, 3.05) is 13.2 Å². The van der Waals surface area contributed by atoms with E-state index < -0.39 is 6.29 Å². The summed E-state index contributed by atoms with van der Waals surface area (Å²) in [5.41, 5.74) is 0.432. The maximum absolute atomic E-state index is 13.6. The molecule has 0 unspecified atom stereocenters. The minimum atomic E-state index is -0.618. The third-order valence-electron chi connectivity index (χ3n) is 1.85. The molecule has 0 amide bonds. The van der Waals surface area contributed by atoms with E-state index in [4.69, 9.17) is 9.47 Å². The maximum atomic E-state index is 13.6. The molecule has 0 bridgehead atoms. The SMILES string of the molecule is CCOC(OCC)c1ccc(Br)cc1F. The molecule has 0 fully saturated rings. The van der Waals surface area contributed by atoms with Gasteiger partial charge in [0.2, 0.25) is 0 Å². The molecule has 0 aliphatic rings. The van der Waals surface area contributed by atoms with E-state index in [0.717, 1.165) is 0 Å². The average molecular weight is 277 g/mol. The number of rotatable bonds is 5. The minimum absolute atomic E-state index is 0.323. The molecule has 0 heterocycles. The van der Waals surface area contributed by atoms with Crippen LogP contribution in [-0.4, -0.2) is 13.2 Å². The van der Waals surface area contributed by atoms with E-state index in [1.54, 1.807) is 12.1 Å². The molecule has 0 spiro atoms. The summed E-state index contributed by atoms with van der Waals surface area (Å²) in [5, 5.41) is 0. The van der Waals surface area contributed by atoms with Crippen molar-refractivity contribution in [1.29, 1.82) is 0 Å². The van der Waals surface area contributed by atoms with Crippen LogP contribution in [0.25, 0.3) is 0 Å². The molecule has 2 nitrogen and oxygen atoms in total. The molecular formula is C11H14BrFO2. The lowest BCUT2D eigenvalue weighted by molar-refractivity contribution is -0.141. The van der Waals surface area contributed by atoms with Gasteiger partial charge in [-0.25, -0.2) is 4.39 Å². The molecular weight excluding hydrogens is 263 g/mol. The predicted octanol–water partition coefficient (Wildman–Crippen LogP) is 3.66. The molecule has 0 aromatic heterocycles. The standard InChI is InChI=1S/C11H14BrFO2/c1-3-14-11(15-4-2)9-6-5-8(12)7-10(9)13/h5-7,11H,3-4H2,1-2H3. The number of hydrogen-bond donors (Lipinski definition) is 0. The van der Waals surface area contributed by atoms with Gasteiger partial charge in [-0.1, -0.05) is 15.9 Å². The molecule has 0 aliphatic carbocycles. The van der Waals surface area contributed by atoms with Crippen molar-refractivity contribution in [3.63, 3.8) is 0 Å². The van der Waals surface area contributed by atoms with Crippen molar-refractivity contribution in [3.05, 3.63) is 34.1 Å². The van der Waals surface area contributed by atoms with Gasteiger partial charge < -0.3 is 9.47 Å².